The molecule has 0 heterocycles. The number of hydrogen-bond donors (Lipinski definition) is 1. The molecule has 0 aliphatic heterocycles. The number of hydrogen-bond acceptors (Lipinski definition) is 1. The number of halogens is 5. The molecule has 2 unspecified atom stereocenters. The van der Waals surface area contributed by atoms with E-state index >= 15 is 0 Å². The summed E-state index contributed by atoms with van der Waals surface area (Å²) in [5, 5.41) is 4.68. The lowest BCUT2D eigenvalue weighted by Crippen LogP contribution is -2.12. The highest BCUT2D eigenvalue weighted by molar-refractivity contribution is 6.52. The van der Waals surface area contributed by atoms with E-state index in [1.807, 2.05) is 61.5 Å². The Bertz CT molecular complexity index is 1220. The molecule has 1 saturated carbocycles. The summed E-state index contributed by atoms with van der Waals surface area (Å²) in [6, 6.07) is 19.7. The number of rotatable bonds is 8. The van der Waals surface area contributed by atoms with Crippen LogP contribution in [0.15, 0.2) is 72.9 Å². The normalized spacial score (nSPS) is 18.9. The average molecular weight is 551 g/mol. The van der Waals surface area contributed by atoms with Gasteiger partial charge < -0.3 is 5.32 Å². The van der Waals surface area contributed by atoms with Crippen LogP contribution in [0.5, 0.6) is 0 Å². The van der Waals surface area contributed by atoms with E-state index in [0.717, 1.165) is 39.2 Å². The molecule has 0 radical (unpaired) electrons. The smallest absolute Gasteiger partial charge is 0.134 e. The summed E-state index contributed by atoms with van der Waals surface area (Å²) in [4.78, 5) is 0. The molecule has 0 spiro atoms. The minimum Gasteiger partial charge on any atom is -0.359 e. The maximum Gasteiger partial charge on any atom is 0.134 e. The van der Waals surface area contributed by atoms with Crippen LogP contribution in [0.4, 0.5) is 10.1 Å². The summed E-state index contributed by atoms with van der Waals surface area (Å²) >= 11 is 26.1. The van der Waals surface area contributed by atoms with Crippen LogP contribution in [0, 0.1) is 12.8 Å². The van der Waals surface area contributed by atoms with Crippen LogP contribution in [0.3, 0.4) is 0 Å². The van der Waals surface area contributed by atoms with Crippen molar-refractivity contribution in [1.29, 1.82) is 0 Å². The van der Waals surface area contributed by atoms with Gasteiger partial charge in [-0.05, 0) is 86.2 Å². The third kappa shape index (κ3) is 6.17. The number of anilines is 1. The molecule has 2 atom stereocenters. The second-order valence-electron chi connectivity index (χ2n) is 9.95. The molecule has 0 saturated heterocycles. The highest BCUT2D eigenvalue weighted by Crippen LogP contribution is 2.67. The zero-order valence-electron chi connectivity index (χ0n) is 19.9. The lowest BCUT2D eigenvalue weighted by Gasteiger charge is -2.14. The molecule has 1 aliphatic rings. The quantitative estimate of drug-likeness (QED) is 0.275. The van der Waals surface area contributed by atoms with Gasteiger partial charge in [-0.15, -0.1) is 23.2 Å². The molecule has 35 heavy (non-hydrogen) atoms. The summed E-state index contributed by atoms with van der Waals surface area (Å²) < 4.78 is 12.9. The molecule has 1 aliphatic carbocycles. The van der Waals surface area contributed by atoms with E-state index in [4.69, 9.17) is 46.4 Å². The fraction of sp³-hybridized carbons (Fsp3) is 0.310. The Morgan fingerprint density at radius 3 is 2.34 bits per heavy atom. The van der Waals surface area contributed by atoms with Gasteiger partial charge in [0, 0.05) is 38.8 Å². The first-order valence-corrected chi connectivity index (χ1v) is 13.0. The molecule has 6 heteroatoms. The highest BCUT2D eigenvalue weighted by atomic mass is 35.5. The standard InChI is InChI=1S/C29H28Cl4FN/c1-17-13-21(15-22(30)14-17)27-26(29(27,32)33)18(2)35-23-9-10-25(31)24(16-23)20-7-5-19(6-8-20)11-12-28(3,4)34/h5-10,13-16,26-27,35H,2,11-12H2,1,3-4H3. The molecule has 3 aromatic rings. The maximum atomic E-state index is 13.8. The van der Waals surface area contributed by atoms with Gasteiger partial charge in [-0.25, -0.2) is 4.39 Å². The fourth-order valence-electron chi connectivity index (χ4n) is 4.50. The lowest BCUT2D eigenvalue weighted by molar-refractivity contribution is 0.202. The van der Waals surface area contributed by atoms with Gasteiger partial charge in [-0.2, -0.15) is 0 Å². The minimum absolute atomic E-state index is 0.100. The van der Waals surface area contributed by atoms with Crippen molar-refractivity contribution in [3.8, 4) is 11.1 Å². The second-order valence-corrected chi connectivity index (χ2v) is 12.2. The topological polar surface area (TPSA) is 12.0 Å². The second kappa shape index (κ2) is 9.98. The lowest BCUT2D eigenvalue weighted by atomic mass is 9.98. The molecule has 4 rings (SSSR count). The fourth-order valence-corrected chi connectivity index (χ4v) is 5.92. The molecule has 0 aromatic heterocycles. The predicted molar refractivity (Wildman–Crippen MR) is 150 cm³/mol. The largest absolute Gasteiger partial charge is 0.359 e. The van der Waals surface area contributed by atoms with E-state index in [1.165, 1.54) is 0 Å². The van der Waals surface area contributed by atoms with Crippen molar-refractivity contribution in [2.45, 2.75) is 49.5 Å². The monoisotopic (exact) mass is 549 g/mol. The molecule has 3 aromatic carbocycles. The first kappa shape index (κ1) is 26.4. The van der Waals surface area contributed by atoms with Crippen LogP contribution in [-0.2, 0) is 6.42 Å². The first-order valence-electron chi connectivity index (χ1n) is 11.5. The number of benzene rings is 3. The van der Waals surface area contributed by atoms with E-state index in [1.54, 1.807) is 13.8 Å². The SMILES string of the molecule is C=C(Nc1ccc(Cl)c(-c2ccc(CCC(C)(C)F)cc2)c1)C1C(c2cc(C)cc(Cl)c2)C1(Cl)Cl. The molecule has 184 valence electrons. The Morgan fingerprint density at radius 1 is 1.03 bits per heavy atom. The zero-order valence-corrected chi connectivity index (χ0v) is 23.0. The van der Waals surface area contributed by atoms with Crippen molar-refractivity contribution < 1.29 is 4.39 Å². The van der Waals surface area contributed by atoms with Crippen molar-refractivity contribution in [3.05, 3.63) is 99.7 Å². The number of nitrogens with one attached hydrogen (secondary N) is 1. The third-order valence-electron chi connectivity index (χ3n) is 6.40. The summed E-state index contributed by atoms with van der Waals surface area (Å²) in [6.07, 6.45) is 1.17. The summed E-state index contributed by atoms with van der Waals surface area (Å²) in [5.41, 5.74) is 5.42. The Morgan fingerprint density at radius 2 is 1.71 bits per heavy atom. The van der Waals surface area contributed by atoms with Gasteiger partial charge in [-0.3, -0.25) is 0 Å². The Kier molecular flexibility index (Phi) is 7.51. The number of alkyl halides is 3. The Balaban J connectivity index is 1.50. The van der Waals surface area contributed by atoms with E-state index in [0.29, 0.717) is 22.9 Å². The third-order valence-corrected chi connectivity index (χ3v) is 7.89. The maximum absolute atomic E-state index is 13.8. The van der Waals surface area contributed by atoms with Crippen LogP contribution in [-0.4, -0.2) is 10.0 Å². The van der Waals surface area contributed by atoms with Crippen molar-refractivity contribution in [1.82, 2.24) is 0 Å². The summed E-state index contributed by atoms with van der Waals surface area (Å²) in [5.74, 6) is -0.265. The van der Waals surface area contributed by atoms with Crippen molar-refractivity contribution in [2.24, 2.45) is 5.92 Å². The Labute approximate surface area is 227 Å². The van der Waals surface area contributed by atoms with Gasteiger partial charge >= 0.3 is 0 Å². The van der Waals surface area contributed by atoms with E-state index in [9.17, 15) is 4.39 Å². The number of aryl methyl sites for hydroxylation is 2. The summed E-state index contributed by atoms with van der Waals surface area (Å²) in [7, 11) is 0. The van der Waals surface area contributed by atoms with E-state index < -0.39 is 10.0 Å². The number of allylic oxidation sites excluding steroid dienone is 1. The van der Waals surface area contributed by atoms with Crippen LogP contribution >= 0.6 is 46.4 Å². The molecular formula is C29H28Cl4FN. The molecule has 1 fully saturated rings. The van der Waals surface area contributed by atoms with Gasteiger partial charge in [0.15, 0.2) is 0 Å². The highest BCUT2D eigenvalue weighted by Gasteiger charge is 2.65. The van der Waals surface area contributed by atoms with Gasteiger partial charge in [0.1, 0.15) is 10.0 Å². The molecule has 0 bridgehead atoms. The van der Waals surface area contributed by atoms with Gasteiger partial charge in [0.25, 0.3) is 0 Å². The summed E-state index contributed by atoms with van der Waals surface area (Å²) in [6.45, 7) is 9.43. The van der Waals surface area contributed by atoms with Gasteiger partial charge in [-0.1, -0.05) is 60.1 Å². The van der Waals surface area contributed by atoms with Crippen LogP contribution in [0.2, 0.25) is 10.0 Å². The predicted octanol–water partition coefficient (Wildman–Crippen LogP) is 10.2. The molecule has 1 nitrogen and oxygen atoms in total. The van der Waals surface area contributed by atoms with Crippen LogP contribution in [0.25, 0.3) is 11.1 Å². The first-order chi connectivity index (χ1) is 16.3. The molecule has 1 N–H and O–H groups in total. The zero-order chi connectivity index (χ0) is 25.5. The van der Waals surface area contributed by atoms with Crippen molar-refractivity contribution >= 4 is 52.1 Å². The van der Waals surface area contributed by atoms with Crippen LogP contribution < -0.4 is 5.32 Å². The average Bonchev–Trinajstić information content (AvgIpc) is 3.35. The van der Waals surface area contributed by atoms with E-state index in [2.05, 4.69) is 18.0 Å². The molecule has 0 amide bonds. The van der Waals surface area contributed by atoms with Crippen LogP contribution in [0.1, 0.15) is 42.9 Å². The molecular weight excluding hydrogens is 523 g/mol. The Hall–Kier alpha value is -1.71. The van der Waals surface area contributed by atoms with Crippen molar-refractivity contribution in [2.75, 3.05) is 5.32 Å². The minimum atomic E-state index is -1.18. The van der Waals surface area contributed by atoms with Gasteiger partial charge in [0.05, 0.1) is 0 Å². The van der Waals surface area contributed by atoms with Gasteiger partial charge in [0.2, 0.25) is 0 Å². The van der Waals surface area contributed by atoms with E-state index in [-0.39, 0.29) is 11.8 Å². The van der Waals surface area contributed by atoms with Crippen molar-refractivity contribution in [3.63, 3.8) is 0 Å².